The molecule has 0 amide bonds. The van der Waals surface area contributed by atoms with Crippen LogP contribution in [0.3, 0.4) is 0 Å². The minimum absolute atomic E-state index is 0.355. The van der Waals surface area contributed by atoms with Gasteiger partial charge in [0.15, 0.2) is 5.01 Å². The largest absolute Gasteiger partial charge is 0.314 e. The Morgan fingerprint density at radius 2 is 2.21 bits per heavy atom. The summed E-state index contributed by atoms with van der Waals surface area (Å²) < 4.78 is 13.8. The maximum absolute atomic E-state index is 13.8. The van der Waals surface area contributed by atoms with Crippen molar-refractivity contribution in [2.75, 3.05) is 6.54 Å². The third-order valence-corrected chi connectivity index (χ3v) is 4.23. The van der Waals surface area contributed by atoms with Crippen molar-refractivity contribution in [1.29, 1.82) is 0 Å². The summed E-state index contributed by atoms with van der Waals surface area (Å²) in [6.07, 6.45) is 3.39. The predicted molar refractivity (Wildman–Crippen MR) is 75.0 cm³/mol. The van der Waals surface area contributed by atoms with E-state index in [2.05, 4.69) is 15.5 Å². The molecule has 0 saturated heterocycles. The van der Waals surface area contributed by atoms with Crippen molar-refractivity contribution >= 4 is 22.9 Å². The van der Waals surface area contributed by atoms with Crippen molar-refractivity contribution in [3.8, 4) is 10.6 Å². The molecule has 3 rings (SSSR count). The van der Waals surface area contributed by atoms with Gasteiger partial charge in [0.2, 0.25) is 0 Å². The summed E-state index contributed by atoms with van der Waals surface area (Å²) in [4.78, 5) is 0. The van der Waals surface area contributed by atoms with Crippen LogP contribution in [0.1, 0.15) is 17.8 Å². The molecule has 0 radical (unpaired) electrons. The topological polar surface area (TPSA) is 37.8 Å². The lowest BCUT2D eigenvalue weighted by Gasteiger charge is -1.99. The molecule has 0 bridgehead atoms. The molecule has 0 atom stereocenters. The molecule has 1 aromatic heterocycles. The van der Waals surface area contributed by atoms with Crippen LogP contribution in [0.25, 0.3) is 10.6 Å². The highest BCUT2D eigenvalue weighted by atomic mass is 35.5. The van der Waals surface area contributed by atoms with Crippen LogP contribution in [0.2, 0.25) is 5.02 Å². The van der Waals surface area contributed by atoms with Crippen molar-refractivity contribution in [1.82, 2.24) is 15.5 Å². The Morgan fingerprint density at radius 1 is 1.37 bits per heavy atom. The molecule has 6 heteroatoms. The van der Waals surface area contributed by atoms with Crippen LogP contribution in [-0.4, -0.2) is 22.8 Å². The smallest absolute Gasteiger partial charge is 0.150 e. The third-order valence-electron chi connectivity index (χ3n) is 2.98. The molecular formula is C13H13ClFN3S. The molecule has 1 aliphatic rings. The monoisotopic (exact) mass is 297 g/mol. The zero-order valence-corrected chi connectivity index (χ0v) is 11.8. The number of aromatic nitrogens is 2. The average molecular weight is 298 g/mol. The van der Waals surface area contributed by atoms with Gasteiger partial charge in [-0.15, -0.1) is 10.2 Å². The molecule has 1 saturated carbocycles. The molecule has 0 spiro atoms. The Hall–Kier alpha value is -1.04. The number of halogens is 2. The van der Waals surface area contributed by atoms with Gasteiger partial charge < -0.3 is 5.32 Å². The summed E-state index contributed by atoms with van der Waals surface area (Å²) in [6, 6.07) is 5.30. The number of hydrogen-bond donors (Lipinski definition) is 1. The van der Waals surface area contributed by atoms with Crippen LogP contribution < -0.4 is 5.32 Å². The number of hydrogen-bond acceptors (Lipinski definition) is 4. The van der Waals surface area contributed by atoms with Gasteiger partial charge in [0.25, 0.3) is 0 Å². The maximum Gasteiger partial charge on any atom is 0.150 e. The molecule has 1 N–H and O–H groups in total. The summed E-state index contributed by atoms with van der Waals surface area (Å²) in [5.41, 5.74) is 0.461. The van der Waals surface area contributed by atoms with Crippen molar-refractivity contribution in [3.63, 3.8) is 0 Å². The minimum atomic E-state index is -0.355. The highest BCUT2D eigenvalue weighted by molar-refractivity contribution is 7.14. The predicted octanol–water partition coefficient (Wildman–Crippen LogP) is 3.29. The molecule has 0 unspecified atom stereocenters. The molecule has 1 aliphatic carbocycles. The molecule has 0 aliphatic heterocycles. The molecule has 1 heterocycles. The van der Waals surface area contributed by atoms with Crippen molar-refractivity contribution in [3.05, 3.63) is 34.0 Å². The first-order valence-corrected chi connectivity index (χ1v) is 7.43. The van der Waals surface area contributed by atoms with E-state index >= 15 is 0 Å². The van der Waals surface area contributed by atoms with Crippen LogP contribution in [0.15, 0.2) is 18.2 Å². The summed E-state index contributed by atoms with van der Waals surface area (Å²) in [5.74, 6) is -0.355. The normalized spacial score (nSPS) is 14.8. The molecule has 19 heavy (non-hydrogen) atoms. The van der Waals surface area contributed by atoms with E-state index in [0.717, 1.165) is 18.0 Å². The summed E-state index contributed by atoms with van der Waals surface area (Å²) >= 11 is 7.17. The Bertz CT molecular complexity index is 583. The van der Waals surface area contributed by atoms with E-state index < -0.39 is 0 Å². The second-order valence-electron chi connectivity index (χ2n) is 4.60. The molecule has 1 aromatic carbocycles. The fourth-order valence-electron chi connectivity index (χ4n) is 1.80. The van der Waals surface area contributed by atoms with Crippen LogP contribution in [0.5, 0.6) is 0 Å². The molecule has 1 fully saturated rings. The Balaban J connectivity index is 1.68. The zero-order chi connectivity index (χ0) is 13.2. The van der Waals surface area contributed by atoms with E-state index in [4.69, 9.17) is 11.6 Å². The van der Waals surface area contributed by atoms with Gasteiger partial charge in [0.1, 0.15) is 10.8 Å². The quantitative estimate of drug-likeness (QED) is 0.920. The summed E-state index contributed by atoms with van der Waals surface area (Å²) in [5, 5.41) is 13.5. The lowest BCUT2D eigenvalue weighted by atomic mass is 10.2. The number of rotatable bonds is 5. The van der Waals surface area contributed by atoms with Crippen molar-refractivity contribution in [2.45, 2.75) is 25.3 Å². The van der Waals surface area contributed by atoms with E-state index in [1.165, 1.54) is 30.2 Å². The number of benzene rings is 1. The summed E-state index contributed by atoms with van der Waals surface area (Å²) in [7, 11) is 0. The first-order chi connectivity index (χ1) is 9.22. The van der Waals surface area contributed by atoms with Gasteiger partial charge in [0, 0.05) is 29.6 Å². The van der Waals surface area contributed by atoms with E-state index in [9.17, 15) is 4.39 Å². The van der Waals surface area contributed by atoms with Crippen LogP contribution in [0.4, 0.5) is 4.39 Å². The van der Waals surface area contributed by atoms with Gasteiger partial charge in [0.05, 0.1) is 0 Å². The van der Waals surface area contributed by atoms with Crippen LogP contribution >= 0.6 is 22.9 Å². The third kappa shape index (κ3) is 3.29. The Morgan fingerprint density at radius 3 is 2.95 bits per heavy atom. The number of nitrogens with zero attached hydrogens (tertiary/aromatic N) is 2. The first-order valence-electron chi connectivity index (χ1n) is 6.23. The fraction of sp³-hybridized carbons (Fsp3) is 0.385. The lowest BCUT2D eigenvalue weighted by molar-refractivity contribution is 0.631. The van der Waals surface area contributed by atoms with Gasteiger partial charge >= 0.3 is 0 Å². The second kappa shape index (κ2) is 5.53. The molecule has 3 nitrogen and oxygen atoms in total. The summed E-state index contributed by atoms with van der Waals surface area (Å²) in [6.45, 7) is 0.905. The fourth-order valence-corrected chi connectivity index (χ4v) is 2.82. The standard InChI is InChI=1S/C13H13ClFN3S/c14-8-1-4-10(11(15)7-8)13-18-17-12(19-13)5-6-16-9-2-3-9/h1,4,7,9,16H,2-3,5-6H2. The molecule has 100 valence electrons. The maximum atomic E-state index is 13.8. The van der Waals surface area contributed by atoms with Gasteiger partial charge in [-0.3, -0.25) is 0 Å². The van der Waals surface area contributed by atoms with Crippen LogP contribution in [-0.2, 0) is 6.42 Å². The molecule has 2 aromatic rings. The highest BCUT2D eigenvalue weighted by Gasteiger charge is 2.20. The lowest BCUT2D eigenvalue weighted by Crippen LogP contribution is -2.19. The van der Waals surface area contributed by atoms with Crippen LogP contribution in [0, 0.1) is 5.82 Å². The van der Waals surface area contributed by atoms with Crippen molar-refractivity contribution in [2.24, 2.45) is 0 Å². The first kappa shape index (κ1) is 13.0. The van der Waals surface area contributed by atoms with Gasteiger partial charge in [-0.05, 0) is 31.0 Å². The van der Waals surface area contributed by atoms with Gasteiger partial charge in [-0.1, -0.05) is 22.9 Å². The minimum Gasteiger partial charge on any atom is -0.314 e. The highest BCUT2D eigenvalue weighted by Crippen LogP contribution is 2.28. The Labute approximate surface area is 119 Å². The number of nitrogens with one attached hydrogen (secondary N) is 1. The SMILES string of the molecule is Fc1cc(Cl)ccc1-c1nnc(CCNC2CC2)s1. The average Bonchev–Trinajstić information content (AvgIpc) is 3.07. The molecular weight excluding hydrogens is 285 g/mol. The van der Waals surface area contributed by atoms with E-state index in [-0.39, 0.29) is 5.82 Å². The van der Waals surface area contributed by atoms with Gasteiger partial charge in [-0.2, -0.15) is 0 Å². The second-order valence-corrected chi connectivity index (χ2v) is 6.10. The van der Waals surface area contributed by atoms with Gasteiger partial charge in [-0.25, -0.2) is 4.39 Å². The van der Waals surface area contributed by atoms with E-state index in [1.807, 2.05) is 0 Å². The Kier molecular flexibility index (Phi) is 3.77. The zero-order valence-electron chi connectivity index (χ0n) is 10.2. The van der Waals surface area contributed by atoms with Crippen molar-refractivity contribution < 1.29 is 4.39 Å². The van der Waals surface area contributed by atoms with E-state index in [0.29, 0.717) is 21.6 Å². The van der Waals surface area contributed by atoms with E-state index in [1.54, 1.807) is 12.1 Å².